The summed E-state index contributed by atoms with van der Waals surface area (Å²) in [5.41, 5.74) is 1.56. The summed E-state index contributed by atoms with van der Waals surface area (Å²) >= 11 is 0. The van der Waals surface area contributed by atoms with E-state index in [1.165, 1.54) is 5.39 Å². The molecule has 2 aromatic rings. The third-order valence-electron chi connectivity index (χ3n) is 4.05. The van der Waals surface area contributed by atoms with Crippen molar-refractivity contribution >= 4 is 10.9 Å². The van der Waals surface area contributed by atoms with Gasteiger partial charge in [0.1, 0.15) is 0 Å². The zero-order valence-corrected chi connectivity index (χ0v) is 11.6. The van der Waals surface area contributed by atoms with Crippen LogP contribution in [0.15, 0.2) is 24.3 Å². The summed E-state index contributed by atoms with van der Waals surface area (Å²) < 4.78 is 2.02. The Kier molecular flexibility index (Phi) is 3.07. The lowest BCUT2D eigenvalue weighted by atomic mass is 9.95. The van der Waals surface area contributed by atoms with Crippen molar-refractivity contribution in [2.45, 2.75) is 31.9 Å². The van der Waals surface area contributed by atoms with Crippen molar-refractivity contribution in [3.05, 3.63) is 30.0 Å². The molecule has 1 aromatic heterocycles. The summed E-state index contributed by atoms with van der Waals surface area (Å²) in [7, 11) is 2.06. The average molecular weight is 259 g/mol. The minimum absolute atomic E-state index is 0.621. The number of aromatic nitrogens is 2. The van der Waals surface area contributed by atoms with Gasteiger partial charge >= 0.3 is 0 Å². The molecule has 0 spiro atoms. The van der Waals surface area contributed by atoms with Gasteiger partial charge in [-0.05, 0) is 26.5 Å². The Morgan fingerprint density at radius 1 is 1.37 bits per heavy atom. The van der Waals surface area contributed by atoms with Crippen molar-refractivity contribution < 1.29 is 5.11 Å². The fraction of sp³-hybridized carbons (Fsp3) is 0.533. The molecule has 0 bridgehead atoms. The van der Waals surface area contributed by atoms with Gasteiger partial charge in [0.2, 0.25) is 0 Å². The molecule has 0 saturated carbocycles. The summed E-state index contributed by atoms with van der Waals surface area (Å²) in [6.45, 7) is 4.66. The van der Waals surface area contributed by atoms with E-state index in [0.29, 0.717) is 6.42 Å². The first-order chi connectivity index (χ1) is 9.11. The van der Waals surface area contributed by atoms with E-state index in [1.54, 1.807) is 0 Å². The number of β-amino-alcohol motifs (C(OH)–C–C–N with tert-alkyl or cyclic N) is 1. The lowest BCUT2D eigenvalue weighted by Gasteiger charge is -2.21. The van der Waals surface area contributed by atoms with E-state index in [1.807, 2.05) is 16.8 Å². The standard InChI is InChI=1S/C15H21N3O/c1-3-18-14-7-5-4-6-12(14)13(16-18)10-15(19)8-9-17(2)11-15/h4-7,19H,3,8-11H2,1-2H3. The minimum Gasteiger partial charge on any atom is -0.388 e. The second-order valence-corrected chi connectivity index (χ2v) is 5.67. The van der Waals surface area contributed by atoms with Crippen molar-refractivity contribution in [3.63, 3.8) is 0 Å². The zero-order chi connectivity index (χ0) is 13.5. The number of aryl methyl sites for hydroxylation is 1. The maximum absolute atomic E-state index is 10.7. The number of hydrogen-bond donors (Lipinski definition) is 1. The Balaban J connectivity index is 1.97. The number of rotatable bonds is 3. The van der Waals surface area contributed by atoms with Crippen LogP contribution in [0.1, 0.15) is 19.0 Å². The van der Waals surface area contributed by atoms with Crippen molar-refractivity contribution in [2.75, 3.05) is 20.1 Å². The molecule has 1 aliphatic heterocycles. The van der Waals surface area contributed by atoms with Crippen LogP contribution in [0.5, 0.6) is 0 Å². The topological polar surface area (TPSA) is 41.3 Å². The van der Waals surface area contributed by atoms with E-state index in [2.05, 4.69) is 36.1 Å². The van der Waals surface area contributed by atoms with Crippen molar-refractivity contribution in [2.24, 2.45) is 0 Å². The van der Waals surface area contributed by atoms with Gasteiger partial charge in [0, 0.05) is 31.4 Å². The maximum atomic E-state index is 10.7. The Morgan fingerprint density at radius 3 is 2.84 bits per heavy atom. The lowest BCUT2D eigenvalue weighted by Crippen LogP contribution is -2.34. The molecule has 1 fully saturated rings. The fourth-order valence-electron chi connectivity index (χ4n) is 3.08. The Morgan fingerprint density at radius 2 is 2.16 bits per heavy atom. The van der Waals surface area contributed by atoms with E-state index in [9.17, 15) is 5.11 Å². The molecular weight excluding hydrogens is 238 g/mol. The highest BCUT2D eigenvalue weighted by Gasteiger charge is 2.35. The Hall–Kier alpha value is -1.39. The van der Waals surface area contributed by atoms with E-state index < -0.39 is 5.60 Å². The van der Waals surface area contributed by atoms with E-state index in [4.69, 9.17) is 0 Å². The number of likely N-dealkylation sites (N-methyl/N-ethyl adjacent to an activating group) is 1. The molecule has 4 nitrogen and oxygen atoms in total. The monoisotopic (exact) mass is 259 g/mol. The molecule has 3 rings (SSSR count). The second-order valence-electron chi connectivity index (χ2n) is 5.67. The largest absolute Gasteiger partial charge is 0.388 e. The normalized spacial score (nSPS) is 24.4. The van der Waals surface area contributed by atoms with Gasteiger partial charge in [0.25, 0.3) is 0 Å². The minimum atomic E-state index is -0.621. The van der Waals surface area contributed by atoms with E-state index >= 15 is 0 Å². The number of hydrogen-bond acceptors (Lipinski definition) is 3. The number of benzene rings is 1. The number of para-hydroxylation sites is 1. The van der Waals surface area contributed by atoms with Crippen LogP contribution in [-0.2, 0) is 13.0 Å². The molecule has 0 radical (unpaired) electrons. The molecule has 2 heterocycles. The molecule has 4 heteroatoms. The van der Waals surface area contributed by atoms with Crippen LogP contribution in [0.25, 0.3) is 10.9 Å². The Labute approximate surface area is 113 Å². The number of fused-ring (bicyclic) bond motifs is 1. The number of nitrogens with zero attached hydrogens (tertiary/aromatic N) is 3. The van der Waals surface area contributed by atoms with Gasteiger partial charge < -0.3 is 10.0 Å². The fourth-order valence-corrected chi connectivity index (χ4v) is 3.08. The van der Waals surface area contributed by atoms with Crippen molar-refractivity contribution in [1.29, 1.82) is 0 Å². The molecule has 1 N–H and O–H groups in total. The van der Waals surface area contributed by atoms with E-state index in [-0.39, 0.29) is 0 Å². The van der Waals surface area contributed by atoms with Crippen LogP contribution >= 0.6 is 0 Å². The smallest absolute Gasteiger partial charge is 0.0842 e. The molecular formula is C15H21N3O. The molecule has 102 valence electrons. The van der Waals surface area contributed by atoms with Crippen LogP contribution in [0.4, 0.5) is 0 Å². The quantitative estimate of drug-likeness (QED) is 0.911. The number of aliphatic hydroxyl groups is 1. The highest BCUT2D eigenvalue weighted by molar-refractivity contribution is 5.82. The highest BCUT2D eigenvalue weighted by Crippen LogP contribution is 2.27. The van der Waals surface area contributed by atoms with Crippen LogP contribution in [0.2, 0.25) is 0 Å². The molecule has 1 unspecified atom stereocenters. The predicted molar refractivity (Wildman–Crippen MR) is 76.2 cm³/mol. The third kappa shape index (κ3) is 2.26. The summed E-state index contributed by atoms with van der Waals surface area (Å²) in [4.78, 5) is 2.18. The third-order valence-corrected chi connectivity index (χ3v) is 4.05. The van der Waals surface area contributed by atoms with Gasteiger partial charge in [0.15, 0.2) is 0 Å². The van der Waals surface area contributed by atoms with Gasteiger partial charge in [-0.25, -0.2) is 0 Å². The summed E-state index contributed by atoms with van der Waals surface area (Å²) in [5.74, 6) is 0. The number of likely N-dealkylation sites (tertiary alicyclic amines) is 1. The molecule has 1 aromatic carbocycles. The summed E-state index contributed by atoms with van der Waals surface area (Å²) in [6.07, 6.45) is 1.47. The summed E-state index contributed by atoms with van der Waals surface area (Å²) in [5, 5.41) is 16.5. The van der Waals surface area contributed by atoms with Crippen LogP contribution in [0.3, 0.4) is 0 Å². The highest BCUT2D eigenvalue weighted by atomic mass is 16.3. The van der Waals surface area contributed by atoms with Crippen LogP contribution < -0.4 is 0 Å². The SMILES string of the molecule is CCn1nc(CC2(O)CCN(C)C2)c2ccccc21. The Bertz CT molecular complexity index is 592. The predicted octanol–water partition coefficient (Wildman–Crippen LogP) is 1.67. The van der Waals surface area contributed by atoms with Crippen LogP contribution in [-0.4, -0.2) is 45.5 Å². The van der Waals surface area contributed by atoms with E-state index in [0.717, 1.165) is 37.3 Å². The van der Waals surface area contributed by atoms with Crippen molar-refractivity contribution in [3.8, 4) is 0 Å². The van der Waals surface area contributed by atoms with Gasteiger partial charge in [-0.2, -0.15) is 5.10 Å². The molecule has 1 saturated heterocycles. The first kappa shape index (κ1) is 12.6. The molecule has 19 heavy (non-hydrogen) atoms. The molecule has 0 aliphatic carbocycles. The average Bonchev–Trinajstić information content (AvgIpc) is 2.91. The molecule has 1 atom stereocenters. The summed E-state index contributed by atoms with van der Waals surface area (Å²) in [6, 6.07) is 8.28. The van der Waals surface area contributed by atoms with Crippen molar-refractivity contribution in [1.82, 2.24) is 14.7 Å². The molecule has 1 aliphatic rings. The second kappa shape index (κ2) is 4.62. The first-order valence-electron chi connectivity index (χ1n) is 6.97. The van der Waals surface area contributed by atoms with Gasteiger partial charge in [0.05, 0.1) is 16.8 Å². The maximum Gasteiger partial charge on any atom is 0.0842 e. The van der Waals surface area contributed by atoms with Gasteiger partial charge in [-0.15, -0.1) is 0 Å². The van der Waals surface area contributed by atoms with Gasteiger partial charge in [-0.1, -0.05) is 18.2 Å². The zero-order valence-electron chi connectivity index (χ0n) is 11.6. The first-order valence-corrected chi connectivity index (χ1v) is 6.97. The molecule has 0 amide bonds. The van der Waals surface area contributed by atoms with Crippen LogP contribution in [0, 0.1) is 0 Å². The van der Waals surface area contributed by atoms with Gasteiger partial charge in [-0.3, -0.25) is 4.68 Å². The lowest BCUT2D eigenvalue weighted by molar-refractivity contribution is 0.0515.